The largest absolute Gasteiger partial charge is 0.493 e. The van der Waals surface area contributed by atoms with E-state index in [4.69, 9.17) is 27.9 Å². The fourth-order valence-electron chi connectivity index (χ4n) is 4.93. The molecule has 2 fully saturated rings. The third kappa shape index (κ3) is 4.46. The van der Waals surface area contributed by atoms with Gasteiger partial charge in [0.05, 0.1) is 16.7 Å². The molecule has 2 bridgehead atoms. The summed E-state index contributed by atoms with van der Waals surface area (Å²) in [6.07, 6.45) is 9.27. The molecule has 0 spiro atoms. The highest BCUT2D eigenvalue weighted by Gasteiger charge is 2.46. The lowest BCUT2D eigenvalue weighted by Gasteiger charge is -2.45. The summed E-state index contributed by atoms with van der Waals surface area (Å²) in [6.45, 7) is 6.62. The maximum absolute atomic E-state index is 6.20. The minimum absolute atomic E-state index is 0.568. The summed E-state index contributed by atoms with van der Waals surface area (Å²) in [4.78, 5) is 2.78. The Morgan fingerprint density at radius 3 is 2.68 bits per heavy atom. The van der Waals surface area contributed by atoms with E-state index in [1.807, 2.05) is 18.2 Å². The van der Waals surface area contributed by atoms with Crippen LogP contribution in [0.15, 0.2) is 18.2 Å². The average molecular weight is 384 g/mol. The Morgan fingerprint density at radius 1 is 1.12 bits per heavy atom. The molecule has 4 atom stereocenters. The highest BCUT2D eigenvalue weighted by molar-refractivity contribution is 6.42. The molecule has 1 aromatic rings. The molecule has 0 aliphatic carbocycles. The van der Waals surface area contributed by atoms with Crippen molar-refractivity contribution >= 4 is 23.2 Å². The fraction of sp³-hybridized carbons (Fsp3) is 0.714. The monoisotopic (exact) mass is 383 g/mol. The Hall–Kier alpha value is -0.440. The topological polar surface area (TPSA) is 12.5 Å². The summed E-state index contributed by atoms with van der Waals surface area (Å²) in [5.74, 6) is 2.27. The van der Waals surface area contributed by atoms with Crippen molar-refractivity contribution in [2.24, 2.45) is 11.8 Å². The van der Waals surface area contributed by atoms with E-state index in [-0.39, 0.29) is 0 Å². The van der Waals surface area contributed by atoms with Crippen molar-refractivity contribution in [1.82, 2.24) is 4.90 Å². The maximum atomic E-state index is 6.20. The first-order valence-electron chi connectivity index (χ1n) is 9.97. The zero-order valence-corrected chi connectivity index (χ0v) is 17.0. The lowest BCUT2D eigenvalue weighted by Crippen LogP contribution is -2.50. The van der Waals surface area contributed by atoms with Crippen LogP contribution in [0.5, 0.6) is 5.75 Å². The normalized spacial score (nSPS) is 29.1. The molecule has 0 saturated carbocycles. The van der Waals surface area contributed by atoms with Crippen molar-refractivity contribution in [2.45, 2.75) is 70.9 Å². The van der Waals surface area contributed by atoms with E-state index in [1.54, 1.807) is 0 Å². The van der Waals surface area contributed by atoms with Gasteiger partial charge in [-0.05, 0) is 56.7 Å². The van der Waals surface area contributed by atoms with Crippen LogP contribution in [-0.4, -0.2) is 30.1 Å². The Bertz CT molecular complexity index is 565. The third-order valence-corrected chi connectivity index (χ3v) is 6.85. The van der Waals surface area contributed by atoms with Crippen LogP contribution in [0.3, 0.4) is 0 Å². The first-order valence-corrected chi connectivity index (χ1v) is 10.7. The Morgan fingerprint density at radius 2 is 1.96 bits per heavy atom. The number of hydrogen-bond donors (Lipinski definition) is 0. The van der Waals surface area contributed by atoms with Gasteiger partial charge in [-0.2, -0.15) is 0 Å². The maximum Gasteiger partial charge on any atom is 0.120 e. The predicted octanol–water partition coefficient (Wildman–Crippen LogP) is 6.44. The van der Waals surface area contributed by atoms with E-state index in [1.165, 1.54) is 51.5 Å². The summed E-state index contributed by atoms with van der Waals surface area (Å²) in [5.41, 5.74) is 0. The molecule has 2 heterocycles. The van der Waals surface area contributed by atoms with Crippen molar-refractivity contribution in [3.63, 3.8) is 0 Å². The van der Waals surface area contributed by atoms with Gasteiger partial charge in [0.25, 0.3) is 0 Å². The third-order valence-electron chi connectivity index (χ3n) is 6.11. The van der Waals surface area contributed by atoms with Gasteiger partial charge in [0, 0.05) is 24.1 Å². The quantitative estimate of drug-likeness (QED) is 0.511. The van der Waals surface area contributed by atoms with E-state index >= 15 is 0 Å². The first kappa shape index (κ1) is 19.3. The van der Waals surface area contributed by atoms with Gasteiger partial charge in [-0.25, -0.2) is 0 Å². The number of hydrogen-bond acceptors (Lipinski definition) is 2. The summed E-state index contributed by atoms with van der Waals surface area (Å²) >= 11 is 12.2. The van der Waals surface area contributed by atoms with Gasteiger partial charge in [0.15, 0.2) is 0 Å². The van der Waals surface area contributed by atoms with Gasteiger partial charge < -0.3 is 4.74 Å². The number of halogens is 2. The number of fused-ring (bicyclic) bond motifs is 2. The lowest BCUT2D eigenvalue weighted by molar-refractivity contribution is 0.0168. The smallest absolute Gasteiger partial charge is 0.120 e. The molecular formula is C21H31Cl2NO. The SMILES string of the molecule is CCCC[C@H]1CC2CCC([C@@H]1COc1ccc(Cl)c(Cl)c1)N2CCC. The second-order valence-corrected chi connectivity index (χ2v) is 8.54. The van der Waals surface area contributed by atoms with Crippen LogP contribution >= 0.6 is 23.2 Å². The average Bonchev–Trinajstić information content (AvgIpc) is 2.89. The molecular weight excluding hydrogens is 353 g/mol. The number of benzene rings is 1. The minimum atomic E-state index is 0.568. The predicted molar refractivity (Wildman–Crippen MR) is 107 cm³/mol. The van der Waals surface area contributed by atoms with Crippen molar-refractivity contribution < 1.29 is 4.74 Å². The summed E-state index contributed by atoms with van der Waals surface area (Å²) in [6, 6.07) is 7.11. The zero-order valence-electron chi connectivity index (χ0n) is 15.5. The van der Waals surface area contributed by atoms with Crippen LogP contribution in [0, 0.1) is 11.8 Å². The molecule has 2 nitrogen and oxygen atoms in total. The van der Waals surface area contributed by atoms with Crippen LogP contribution in [0.4, 0.5) is 0 Å². The molecule has 0 N–H and O–H groups in total. The Balaban J connectivity index is 1.70. The van der Waals surface area contributed by atoms with Crippen molar-refractivity contribution in [3.05, 3.63) is 28.2 Å². The van der Waals surface area contributed by atoms with Crippen LogP contribution in [0.1, 0.15) is 58.8 Å². The van der Waals surface area contributed by atoms with Crippen molar-refractivity contribution in [2.75, 3.05) is 13.2 Å². The number of rotatable bonds is 8. The number of unbranched alkanes of at least 4 members (excludes halogenated alkanes) is 1. The van der Waals surface area contributed by atoms with Crippen molar-refractivity contribution in [1.29, 1.82) is 0 Å². The first-order chi connectivity index (χ1) is 12.1. The highest BCUT2D eigenvalue weighted by atomic mass is 35.5. The molecule has 2 aliphatic heterocycles. The zero-order chi connectivity index (χ0) is 17.8. The molecule has 2 saturated heterocycles. The van der Waals surface area contributed by atoms with Gasteiger partial charge in [-0.3, -0.25) is 4.90 Å². The molecule has 3 rings (SSSR count). The van der Waals surface area contributed by atoms with Gasteiger partial charge in [0.1, 0.15) is 5.75 Å². The summed E-state index contributed by atoms with van der Waals surface area (Å²) in [7, 11) is 0. The van der Waals surface area contributed by atoms with Gasteiger partial charge >= 0.3 is 0 Å². The van der Waals surface area contributed by atoms with Crippen LogP contribution < -0.4 is 4.74 Å². The fourth-order valence-corrected chi connectivity index (χ4v) is 5.22. The molecule has 2 aliphatic rings. The molecule has 25 heavy (non-hydrogen) atoms. The van der Waals surface area contributed by atoms with E-state index in [2.05, 4.69) is 18.7 Å². The second kappa shape index (κ2) is 8.97. The van der Waals surface area contributed by atoms with E-state index in [0.717, 1.165) is 24.3 Å². The van der Waals surface area contributed by atoms with E-state index < -0.39 is 0 Å². The molecule has 4 heteroatoms. The minimum Gasteiger partial charge on any atom is -0.493 e. The molecule has 0 amide bonds. The molecule has 140 valence electrons. The molecule has 2 unspecified atom stereocenters. The number of nitrogens with zero attached hydrogens (tertiary/aromatic N) is 1. The van der Waals surface area contributed by atoms with Crippen LogP contribution in [0.2, 0.25) is 10.0 Å². The highest BCUT2D eigenvalue weighted by Crippen LogP contribution is 2.44. The second-order valence-electron chi connectivity index (χ2n) is 7.73. The molecule has 1 aromatic carbocycles. The van der Waals surface area contributed by atoms with Crippen molar-refractivity contribution in [3.8, 4) is 5.75 Å². The van der Waals surface area contributed by atoms with E-state index in [0.29, 0.717) is 22.0 Å². The summed E-state index contributed by atoms with van der Waals surface area (Å²) < 4.78 is 6.20. The molecule has 0 aromatic heterocycles. The van der Waals surface area contributed by atoms with Gasteiger partial charge in [0.2, 0.25) is 0 Å². The standard InChI is InChI=1S/C21H31Cl2NO/c1-3-5-6-15-12-16-7-10-21(24(16)11-4-2)18(15)14-25-17-8-9-19(22)20(23)13-17/h8-9,13,15-16,18,21H,3-7,10-12,14H2,1-2H3/t15-,16?,18+,21?/m0/s1. The lowest BCUT2D eigenvalue weighted by atomic mass is 9.77. The summed E-state index contributed by atoms with van der Waals surface area (Å²) in [5, 5.41) is 1.15. The van der Waals surface area contributed by atoms with Gasteiger partial charge in [-0.15, -0.1) is 0 Å². The van der Waals surface area contributed by atoms with E-state index in [9.17, 15) is 0 Å². The Kier molecular flexibility index (Phi) is 6.93. The van der Waals surface area contributed by atoms with Crippen LogP contribution in [0.25, 0.3) is 0 Å². The molecule has 0 radical (unpaired) electrons. The van der Waals surface area contributed by atoms with Gasteiger partial charge in [-0.1, -0.05) is 49.9 Å². The Labute approximate surface area is 162 Å². The van der Waals surface area contributed by atoms with Crippen LogP contribution in [-0.2, 0) is 0 Å². The number of piperidine rings is 1. The number of ether oxygens (including phenoxy) is 1.